The summed E-state index contributed by atoms with van der Waals surface area (Å²) in [5.74, 6) is -0.963. The van der Waals surface area contributed by atoms with Crippen LogP contribution in [0.15, 0.2) is 51.8 Å². The number of hydrogen-bond acceptors (Lipinski definition) is 3. The third kappa shape index (κ3) is 2.91. The highest BCUT2D eigenvalue weighted by Crippen LogP contribution is 2.25. The number of thiophene rings is 1. The van der Waals surface area contributed by atoms with E-state index in [1.54, 1.807) is 10.9 Å². The molecule has 4 nitrogen and oxygen atoms in total. The number of carbonyl (C=O) groups is 1. The molecule has 0 aliphatic carbocycles. The highest BCUT2D eigenvalue weighted by atomic mass is 79.9. The van der Waals surface area contributed by atoms with Gasteiger partial charge in [0.1, 0.15) is 11.3 Å². The molecule has 0 unspecified atom stereocenters. The van der Waals surface area contributed by atoms with Crippen LogP contribution in [-0.4, -0.2) is 20.9 Å². The van der Waals surface area contributed by atoms with E-state index in [0.717, 1.165) is 15.6 Å². The molecule has 3 aromatic rings. The molecule has 21 heavy (non-hydrogen) atoms. The molecular formula is C15H11BrN2O2S. The zero-order valence-corrected chi connectivity index (χ0v) is 13.3. The molecule has 0 atom stereocenters. The van der Waals surface area contributed by atoms with Gasteiger partial charge in [-0.2, -0.15) is 16.4 Å². The zero-order valence-electron chi connectivity index (χ0n) is 10.9. The van der Waals surface area contributed by atoms with Crippen molar-refractivity contribution in [3.63, 3.8) is 0 Å². The van der Waals surface area contributed by atoms with E-state index in [1.165, 1.54) is 11.3 Å². The number of carboxylic acids is 1. The number of hydrogen-bond donors (Lipinski definition) is 1. The summed E-state index contributed by atoms with van der Waals surface area (Å²) >= 11 is 5.01. The van der Waals surface area contributed by atoms with Gasteiger partial charge in [0, 0.05) is 21.6 Å². The lowest BCUT2D eigenvalue weighted by molar-refractivity contribution is 0.0697. The van der Waals surface area contributed by atoms with Crippen LogP contribution in [0, 0.1) is 0 Å². The van der Waals surface area contributed by atoms with Gasteiger partial charge in [0.05, 0.1) is 6.54 Å². The quantitative estimate of drug-likeness (QED) is 0.759. The molecule has 0 radical (unpaired) electrons. The Morgan fingerprint density at radius 1 is 1.33 bits per heavy atom. The Labute approximate surface area is 133 Å². The predicted octanol–water partition coefficient (Wildman–Crippen LogP) is 4.12. The van der Waals surface area contributed by atoms with Gasteiger partial charge in [-0.25, -0.2) is 4.79 Å². The summed E-state index contributed by atoms with van der Waals surface area (Å²) < 4.78 is 2.64. The van der Waals surface area contributed by atoms with Crippen molar-refractivity contribution in [2.75, 3.05) is 0 Å². The molecule has 1 N–H and O–H groups in total. The highest BCUT2D eigenvalue weighted by Gasteiger charge is 2.17. The van der Waals surface area contributed by atoms with E-state index in [-0.39, 0.29) is 5.56 Å². The summed E-state index contributed by atoms with van der Waals surface area (Å²) in [6.45, 7) is 0.520. The van der Waals surface area contributed by atoms with Crippen LogP contribution in [0.4, 0.5) is 0 Å². The number of rotatable bonds is 4. The Morgan fingerprint density at radius 3 is 2.81 bits per heavy atom. The van der Waals surface area contributed by atoms with Crippen LogP contribution < -0.4 is 0 Å². The van der Waals surface area contributed by atoms with Crippen molar-refractivity contribution in [2.45, 2.75) is 6.54 Å². The number of nitrogens with zero attached hydrogens (tertiary/aromatic N) is 2. The first-order chi connectivity index (χ1) is 10.1. The molecule has 106 valence electrons. The molecule has 2 heterocycles. The van der Waals surface area contributed by atoms with E-state index in [9.17, 15) is 9.90 Å². The number of halogens is 1. The Kier molecular flexibility index (Phi) is 3.90. The van der Waals surface area contributed by atoms with Crippen LogP contribution >= 0.6 is 27.3 Å². The summed E-state index contributed by atoms with van der Waals surface area (Å²) in [6.07, 6.45) is 1.58. The zero-order chi connectivity index (χ0) is 14.8. The van der Waals surface area contributed by atoms with Gasteiger partial charge in [-0.3, -0.25) is 4.68 Å². The van der Waals surface area contributed by atoms with Gasteiger partial charge in [0.25, 0.3) is 0 Å². The lowest BCUT2D eigenvalue weighted by atomic mass is 10.1. The van der Waals surface area contributed by atoms with Crippen LogP contribution in [0.1, 0.15) is 15.9 Å². The fourth-order valence-corrected chi connectivity index (χ4v) is 3.12. The third-order valence-electron chi connectivity index (χ3n) is 3.08. The van der Waals surface area contributed by atoms with E-state index < -0.39 is 5.97 Å². The average molecular weight is 363 g/mol. The fourth-order valence-electron chi connectivity index (χ4n) is 2.07. The summed E-state index contributed by atoms with van der Waals surface area (Å²) in [4.78, 5) is 11.4. The molecule has 0 bridgehead atoms. The highest BCUT2D eigenvalue weighted by molar-refractivity contribution is 9.10. The Balaban J connectivity index is 2.00. The van der Waals surface area contributed by atoms with Gasteiger partial charge in [0.2, 0.25) is 0 Å². The smallest absolute Gasteiger partial charge is 0.339 e. The fraction of sp³-hybridized carbons (Fsp3) is 0.0667. The average Bonchev–Trinajstić information content (AvgIpc) is 3.10. The monoisotopic (exact) mass is 362 g/mol. The molecule has 0 spiro atoms. The normalized spacial score (nSPS) is 10.7. The lowest BCUT2D eigenvalue weighted by Crippen LogP contribution is -2.01. The Morgan fingerprint density at radius 2 is 2.14 bits per heavy atom. The van der Waals surface area contributed by atoms with Crippen molar-refractivity contribution in [1.29, 1.82) is 0 Å². The van der Waals surface area contributed by atoms with Crippen molar-refractivity contribution >= 4 is 33.2 Å². The van der Waals surface area contributed by atoms with Crippen molar-refractivity contribution in [3.05, 3.63) is 62.9 Å². The topological polar surface area (TPSA) is 55.1 Å². The number of aromatic carboxylic acids is 1. The Hall–Kier alpha value is -1.92. The molecule has 0 amide bonds. The molecule has 6 heteroatoms. The maximum Gasteiger partial charge on any atom is 0.339 e. The first-order valence-corrected chi connectivity index (χ1v) is 7.95. The van der Waals surface area contributed by atoms with E-state index in [4.69, 9.17) is 0 Å². The minimum atomic E-state index is -0.963. The van der Waals surface area contributed by atoms with E-state index in [1.807, 2.05) is 41.1 Å². The predicted molar refractivity (Wildman–Crippen MR) is 85.7 cm³/mol. The SMILES string of the molecule is O=C(O)c1cn(Cc2ccccc2Br)nc1-c1ccsc1. The third-order valence-corrected chi connectivity index (χ3v) is 4.53. The standard InChI is InChI=1S/C15H11BrN2O2S/c16-13-4-2-1-3-10(13)7-18-8-12(15(19)20)14(17-18)11-5-6-21-9-11/h1-6,8-9H,7H2,(H,19,20). The van der Waals surface area contributed by atoms with E-state index >= 15 is 0 Å². The first kappa shape index (κ1) is 14.0. The molecule has 2 aromatic heterocycles. The number of benzene rings is 1. The van der Waals surface area contributed by atoms with Gasteiger partial charge in [0.15, 0.2) is 0 Å². The Bertz CT molecular complexity index is 781. The molecule has 0 aliphatic heterocycles. The summed E-state index contributed by atoms with van der Waals surface area (Å²) in [5, 5.41) is 17.6. The molecule has 1 aromatic carbocycles. The van der Waals surface area contributed by atoms with Crippen LogP contribution in [0.5, 0.6) is 0 Å². The summed E-state index contributed by atoms with van der Waals surface area (Å²) in [5.41, 5.74) is 2.62. The van der Waals surface area contributed by atoms with Crippen molar-refractivity contribution in [2.24, 2.45) is 0 Å². The lowest BCUT2D eigenvalue weighted by Gasteiger charge is -2.04. The minimum absolute atomic E-state index is 0.223. The molecule has 0 saturated carbocycles. The van der Waals surface area contributed by atoms with Crippen molar-refractivity contribution in [1.82, 2.24) is 9.78 Å². The van der Waals surface area contributed by atoms with Crippen LogP contribution in [0.3, 0.4) is 0 Å². The second-order valence-corrected chi connectivity index (χ2v) is 6.13. The summed E-state index contributed by atoms with van der Waals surface area (Å²) in [6, 6.07) is 9.70. The number of carboxylic acid groups (broad SMARTS) is 1. The maximum atomic E-state index is 11.4. The number of aromatic nitrogens is 2. The van der Waals surface area contributed by atoms with Gasteiger partial charge >= 0.3 is 5.97 Å². The van der Waals surface area contributed by atoms with Crippen LogP contribution in [-0.2, 0) is 6.54 Å². The minimum Gasteiger partial charge on any atom is -0.478 e. The molecule has 0 fully saturated rings. The van der Waals surface area contributed by atoms with Crippen molar-refractivity contribution in [3.8, 4) is 11.3 Å². The van der Waals surface area contributed by atoms with Gasteiger partial charge in [-0.15, -0.1) is 0 Å². The largest absolute Gasteiger partial charge is 0.478 e. The maximum absolute atomic E-state index is 11.4. The molecule has 0 aliphatic rings. The van der Waals surface area contributed by atoms with E-state index in [0.29, 0.717) is 12.2 Å². The van der Waals surface area contributed by atoms with Gasteiger partial charge < -0.3 is 5.11 Å². The second kappa shape index (κ2) is 5.83. The van der Waals surface area contributed by atoms with E-state index in [2.05, 4.69) is 21.0 Å². The molecule has 0 saturated heterocycles. The first-order valence-electron chi connectivity index (χ1n) is 6.22. The van der Waals surface area contributed by atoms with Gasteiger partial charge in [-0.05, 0) is 23.1 Å². The van der Waals surface area contributed by atoms with Crippen molar-refractivity contribution < 1.29 is 9.90 Å². The van der Waals surface area contributed by atoms with Crippen LogP contribution in [0.25, 0.3) is 11.3 Å². The van der Waals surface area contributed by atoms with Gasteiger partial charge in [-0.1, -0.05) is 34.1 Å². The molecule has 3 rings (SSSR count). The summed E-state index contributed by atoms with van der Waals surface area (Å²) in [7, 11) is 0. The molecular weight excluding hydrogens is 352 g/mol. The second-order valence-electron chi connectivity index (χ2n) is 4.50. The van der Waals surface area contributed by atoms with Crippen LogP contribution in [0.2, 0.25) is 0 Å².